The minimum absolute atomic E-state index is 0.143. The van der Waals surface area contributed by atoms with Crippen molar-refractivity contribution in [3.63, 3.8) is 0 Å². The van der Waals surface area contributed by atoms with Gasteiger partial charge in [-0.2, -0.15) is 0 Å². The molecule has 208 valence electrons. The van der Waals surface area contributed by atoms with E-state index in [2.05, 4.69) is 0 Å². The number of hydrogen-bond donors (Lipinski definition) is 0. The number of rotatable bonds is 16. The van der Waals surface area contributed by atoms with Crippen LogP contribution in [0.2, 0.25) is 0 Å². The van der Waals surface area contributed by atoms with Gasteiger partial charge in [-0.15, -0.1) is 0 Å². The Morgan fingerprint density at radius 2 is 0.794 bits per heavy atom. The van der Waals surface area contributed by atoms with Crippen LogP contribution in [0.4, 0.5) is 43.9 Å². The van der Waals surface area contributed by atoms with Crippen LogP contribution in [0.3, 0.4) is 0 Å². The van der Waals surface area contributed by atoms with Gasteiger partial charge in [0.15, 0.2) is 0 Å². The molecule has 0 aliphatic heterocycles. The van der Waals surface area contributed by atoms with E-state index in [0.29, 0.717) is 25.7 Å². The summed E-state index contributed by atoms with van der Waals surface area (Å²) < 4.78 is 156. The number of unbranched alkanes of at least 4 members (excludes halogenated alkanes) is 4. The monoisotopic (exact) mass is 560 g/mol. The minimum atomic E-state index is -8.07. The second-order valence-corrected chi connectivity index (χ2v) is 17.3. The molecule has 0 unspecified atom stereocenters. The Labute approximate surface area is 195 Å². The topological polar surface area (TPSA) is 26.3 Å². The molecule has 0 heterocycles. The van der Waals surface area contributed by atoms with Gasteiger partial charge < -0.3 is 0 Å². The van der Waals surface area contributed by atoms with Crippen LogP contribution in [0.25, 0.3) is 0 Å². The Hall–Kier alpha value is -0.0800. The van der Waals surface area contributed by atoms with Gasteiger partial charge in [-0.1, -0.05) is 0 Å². The van der Waals surface area contributed by atoms with E-state index < -0.39 is 37.9 Å². The maximum atomic E-state index is 14.5. The second kappa shape index (κ2) is 12.0. The van der Waals surface area contributed by atoms with E-state index in [0.717, 1.165) is 0 Å². The normalized spacial score (nSPS) is 15.9. The van der Waals surface area contributed by atoms with Crippen molar-refractivity contribution in [2.45, 2.75) is 103 Å². The Morgan fingerprint density at radius 3 is 0.971 bits per heavy atom. The van der Waals surface area contributed by atoms with E-state index >= 15 is 0 Å². The Balaban J connectivity index is 7.48. The molecule has 2 nitrogen and oxygen atoms in total. The zero-order valence-corrected chi connectivity index (χ0v) is 21.8. The Kier molecular flexibility index (Phi) is 11.9. The first-order valence-corrected chi connectivity index (χ1v) is 16.0. The van der Waals surface area contributed by atoms with Gasteiger partial charge >= 0.3 is 194 Å². The zero-order valence-electron chi connectivity index (χ0n) is 20.0. The van der Waals surface area contributed by atoms with Crippen LogP contribution in [0, 0.1) is 0 Å². The fraction of sp³-hybridized carbons (Fsp3) is 1.00. The van der Waals surface area contributed by atoms with Crippen LogP contribution in [-0.2, 0) is 8.88 Å². The maximum absolute atomic E-state index is 14.5. The van der Waals surface area contributed by atoms with Gasteiger partial charge in [-0.3, -0.25) is 0 Å². The van der Waals surface area contributed by atoms with E-state index in [1.807, 2.05) is 0 Å². The molecule has 0 fully saturated rings. The molecule has 0 saturated heterocycles. The molecule has 0 aromatic heterocycles. The SMILES string of the molecule is CCCCP(CCCC)(CCCC)(CCCC)OP(=O)(C(F)(F)C(F)(F)F)C(F)(F)C(F)(F)F. The van der Waals surface area contributed by atoms with Crippen LogP contribution in [0.15, 0.2) is 0 Å². The molecule has 0 saturated carbocycles. The van der Waals surface area contributed by atoms with Gasteiger partial charge in [0.1, 0.15) is 0 Å². The first-order chi connectivity index (χ1) is 15.3. The number of hydrogen-bond acceptors (Lipinski definition) is 2. The van der Waals surface area contributed by atoms with Crippen LogP contribution in [0.1, 0.15) is 79.1 Å². The van der Waals surface area contributed by atoms with Crippen molar-refractivity contribution in [1.29, 1.82) is 0 Å². The molecule has 0 rings (SSSR count). The summed E-state index contributed by atoms with van der Waals surface area (Å²) in [6.07, 6.45) is -12.8. The van der Waals surface area contributed by atoms with Crippen molar-refractivity contribution < 1.29 is 52.8 Å². The van der Waals surface area contributed by atoms with Crippen LogP contribution in [0.5, 0.6) is 0 Å². The van der Waals surface area contributed by atoms with Crippen LogP contribution < -0.4 is 0 Å². The zero-order chi connectivity index (χ0) is 27.1. The summed E-state index contributed by atoms with van der Waals surface area (Å²) in [5, 5.41) is 0. The summed E-state index contributed by atoms with van der Waals surface area (Å²) in [6.45, 7) is 1.93. The molecular formula is C20H36F10O2P2. The van der Waals surface area contributed by atoms with Gasteiger partial charge in [0.25, 0.3) is 0 Å². The third-order valence-corrected chi connectivity index (χ3v) is 16.6. The summed E-state index contributed by atoms with van der Waals surface area (Å²) in [6, 6.07) is 0. The van der Waals surface area contributed by atoms with Crippen molar-refractivity contribution in [3.05, 3.63) is 0 Å². The van der Waals surface area contributed by atoms with Crippen LogP contribution in [-0.4, -0.2) is 48.3 Å². The van der Waals surface area contributed by atoms with Crippen molar-refractivity contribution in [2.24, 2.45) is 0 Å². The second-order valence-electron chi connectivity index (χ2n) is 8.88. The molecule has 0 aliphatic rings. The van der Waals surface area contributed by atoms with Crippen molar-refractivity contribution in [1.82, 2.24) is 0 Å². The quantitative estimate of drug-likeness (QED) is 0.139. The third-order valence-electron chi connectivity index (χ3n) is 6.08. The summed E-state index contributed by atoms with van der Waals surface area (Å²) in [7, 11) is -8.07. The van der Waals surface area contributed by atoms with E-state index in [1.54, 1.807) is 27.7 Å². The average molecular weight is 560 g/mol. The number of alkyl halides is 10. The Morgan fingerprint density at radius 1 is 0.559 bits per heavy atom. The molecule has 0 spiro atoms. The molecule has 0 N–H and O–H groups in total. The van der Waals surface area contributed by atoms with Crippen molar-refractivity contribution in [3.8, 4) is 0 Å². The van der Waals surface area contributed by atoms with Gasteiger partial charge in [0.2, 0.25) is 0 Å². The standard InChI is InChI=1S/C20H36F10O2P2/c1-5-9-13-34(14-10-6-2,15-11-7-3,16-12-8-4)32-33(31,19(27,28)17(21,22)23)20(29,30)18(24,25)26/h5-16H2,1-4H3. The first-order valence-electron chi connectivity index (χ1n) is 11.5. The van der Waals surface area contributed by atoms with Gasteiger partial charge in [0, 0.05) is 0 Å². The summed E-state index contributed by atoms with van der Waals surface area (Å²) >= 11 is 0. The summed E-state index contributed by atoms with van der Waals surface area (Å²) in [4.78, 5) is 0. The van der Waals surface area contributed by atoms with Crippen molar-refractivity contribution in [2.75, 3.05) is 24.6 Å². The molecule has 34 heavy (non-hydrogen) atoms. The molecule has 0 aromatic carbocycles. The molecular weight excluding hydrogens is 524 g/mol. The molecule has 0 aliphatic carbocycles. The molecule has 0 amide bonds. The van der Waals surface area contributed by atoms with Crippen molar-refractivity contribution >= 4 is 14.2 Å². The predicted octanol–water partition coefficient (Wildman–Crippen LogP) is 10.3. The fourth-order valence-corrected chi connectivity index (χ4v) is 15.6. The van der Waals surface area contributed by atoms with E-state index in [4.69, 9.17) is 4.31 Å². The third kappa shape index (κ3) is 6.81. The van der Waals surface area contributed by atoms with Gasteiger partial charge in [-0.05, 0) is 0 Å². The van der Waals surface area contributed by atoms with E-state index in [1.165, 1.54) is 0 Å². The Bertz CT molecular complexity index is 604. The summed E-state index contributed by atoms with van der Waals surface area (Å²) in [5.41, 5.74) is -13.8. The van der Waals surface area contributed by atoms with E-state index in [-0.39, 0.29) is 50.3 Å². The molecule has 0 bridgehead atoms. The fourth-order valence-electron chi connectivity index (χ4n) is 4.00. The summed E-state index contributed by atoms with van der Waals surface area (Å²) in [5.74, 6) is 0. The average Bonchev–Trinajstić information content (AvgIpc) is 2.72. The molecule has 0 radical (unpaired) electrons. The molecule has 0 aromatic rings. The van der Waals surface area contributed by atoms with Gasteiger partial charge in [-0.25, -0.2) is 0 Å². The molecule has 14 heteroatoms. The molecule has 0 atom stereocenters. The predicted molar refractivity (Wildman–Crippen MR) is 117 cm³/mol. The first kappa shape index (κ1) is 33.9. The number of halogens is 10. The van der Waals surface area contributed by atoms with Gasteiger partial charge in [0.05, 0.1) is 0 Å². The van der Waals surface area contributed by atoms with E-state index in [9.17, 15) is 48.5 Å². The van der Waals surface area contributed by atoms with Crippen LogP contribution >= 0.6 is 14.2 Å².